The average Bonchev–Trinajstić information content (AvgIpc) is 2.26. The van der Waals surface area contributed by atoms with E-state index in [1.165, 1.54) is 0 Å². The number of nitrogens with one attached hydrogen (secondary N) is 2. The van der Waals surface area contributed by atoms with Crippen molar-refractivity contribution in [2.45, 2.75) is 0 Å². The second-order valence-electron chi connectivity index (χ2n) is 2.53. The van der Waals surface area contributed by atoms with E-state index >= 15 is 0 Å². The van der Waals surface area contributed by atoms with E-state index in [2.05, 4.69) is 4.98 Å². The first-order valence-corrected chi connectivity index (χ1v) is 3.78. The van der Waals surface area contributed by atoms with Gasteiger partial charge in [0.2, 0.25) is 11.6 Å². The molecule has 6 N–H and O–H groups in total. The number of nitro groups is 2. The molecule has 11 heteroatoms. The van der Waals surface area contributed by atoms with E-state index in [4.69, 9.17) is 11.7 Å². The molecule has 1 heterocycles. The number of nitrogens with two attached hydrogens (primary N) is 2. The van der Waals surface area contributed by atoms with Crippen LogP contribution in [0.4, 0.5) is 23.0 Å². The standard InChI is InChI=1S/C5H7N7O4/c6-9-4-2(11(13)14)1-3(12(15)16)5(8-4)10-7/h1H,6-7H2,(H2,8,9,10). The fourth-order valence-electron chi connectivity index (χ4n) is 0.983. The van der Waals surface area contributed by atoms with Crippen LogP contribution in [0.15, 0.2) is 6.07 Å². The quantitative estimate of drug-likeness (QED) is 0.300. The Morgan fingerprint density at radius 1 is 1.06 bits per heavy atom. The molecule has 0 unspecified atom stereocenters. The molecule has 16 heavy (non-hydrogen) atoms. The molecule has 0 radical (unpaired) electrons. The molecule has 0 amide bonds. The lowest BCUT2D eigenvalue weighted by atomic mass is 10.3. The lowest BCUT2D eigenvalue weighted by molar-refractivity contribution is -0.393. The smallest absolute Gasteiger partial charge is 0.303 e. The van der Waals surface area contributed by atoms with Crippen molar-refractivity contribution in [1.29, 1.82) is 0 Å². The van der Waals surface area contributed by atoms with Crippen LogP contribution >= 0.6 is 0 Å². The summed E-state index contributed by atoms with van der Waals surface area (Å²) in [7, 11) is 0. The Morgan fingerprint density at radius 2 is 1.44 bits per heavy atom. The molecule has 86 valence electrons. The Bertz CT molecular complexity index is 409. The summed E-state index contributed by atoms with van der Waals surface area (Å²) >= 11 is 0. The van der Waals surface area contributed by atoms with Gasteiger partial charge in [-0.1, -0.05) is 0 Å². The first-order valence-electron chi connectivity index (χ1n) is 3.78. The summed E-state index contributed by atoms with van der Waals surface area (Å²) in [6.07, 6.45) is 0. The van der Waals surface area contributed by atoms with Crippen molar-refractivity contribution >= 4 is 23.0 Å². The van der Waals surface area contributed by atoms with Gasteiger partial charge in [-0.25, -0.2) is 11.7 Å². The lowest BCUT2D eigenvalue weighted by Crippen LogP contribution is -2.16. The van der Waals surface area contributed by atoms with Crippen LogP contribution in [-0.4, -0.2) is 14.8 Å². The summed E-state index contributed by atoms with van der Waals surface area (Å²) < 4.78 is 0. The third-order valence-corrected chi connectivity index (χ3v) is 1.65. The SMILES string of the molecule is NNc1nc(NN)c([N+](=O)[O-])cc1[N+](=O)[O-]. The number of pyridine rings is 1. The van der Waals surface area contributed by atoms with Crippen LogP contribution in [0.25, 0.3) is 0 Å². The van der Waals surface area contributed by atoms with Crippen LogP contribution in [0.2, 0.25) is 0 Å². The maximum absolute atomic E-state index is 10.6. The predicted octanol–water partition coefficient (Wildman–Crippen LogP) is -0.531. The molecule has 0 spiro atoms. The molecule has 0 saturated heterocycles. The van der Waals surface area contributed by atoms with E-state index in [1.807, 2.05) is 10.9 Å². The van der Waals surface area contributed by atoms with E-state index in [0.29, 0.717) is 6.07 Å². The molecule has 1 aromatic heterocycles. The van der Waals surface area contributed by atoms with Gasteiger partial charge in [0.25, 0.3) is 0 Å². The van der Waals surface area contributed by atoms with Gasteiger partial charge in [0.1, 0.15) is 6.07 Å². The molecule has 1 rings (SSSR count). The third-order valence-electron chi connectivity index (χ3n) is 1.65. The van der Waals surface area contributed by atoms with E-state index in [9.17, 15) is 20.2 Å². The molecular formula is C5H7N7O4. The number of hydrogen-bond acceptors (Lipinski definition) is 9. The summed E-state index contributed by atoms with van der Waals surface area (Å²) in [5.74, 6) is 9.31. The van der Waals surface area contributed by atoms with Gasteiger partial charge in [0, 0.05) is 0 Å². The molecule has 0 atom stereocenters. The van der Waals surface area contributed by atoms with Crippen LogP contribution in [0.1, 0.15) is 0 Å². The monoisotopic (exact) mass is 229 g/mol. The van der Waals surface area contributed by atoms with E-state index in [-0.39, 0.29) is 11.6 Å². The van der Waals surface area contributed by atoms with Gasteiger partial charge in [-0.3, -0.25) is 20.2 Å². The highest BCUT2D eigenvalue weighted by molar-refractivity contribution is 5.68. The molecule has 0 bridgehead atoms. The highest BCUT2D eigenvalue weighted by Crippen LogP contribution is 2.31. The van der Waals surface area contributed by atoms with Crippen molar-refractivity contribution in [2.24, 2.45) is 11.7 Å². The van der Waals surface area contributed by atoms with Crippen molar-refractivity contribution in [3.8, 4) is 0 Å². The zero-order valence-corrected chi connectivity index (χ0v) is 7.71. The number of rotatable bonds is 4. The van der Waals surface area contributed by atoms with Crippen molar-refractivity contribution in [3.05, 3.63) is 26.3 Å². The van der Waals surface area contributed by atoms with Gasteiger partial charge >= 0.3 is 11.4 Å². The van der Waals surface area contributed by atoms with Gasteiger partial charge in [-0.2, -0.15) is 4.98 Å². The number of nitrogen functional groups attached to an aromatic ring is 2. The number of nitrogens with zero attached hydrogens (tertiary/aromatic N) is 3. The van der Waals surface area contributed by atoms with Crippen LogP contribution in [0.5, 0.6) is 0 Å². The summed E-state index contributed by atoms with van der Waals surface area (Å²) in [6, 6.07) is 0.706. The largest absolute Gasteiger partial charge is 0.319 e. The fraction of sp³-hybridized carbons (Fsp3) is 0. The maximum Gasteiger partial charge on any atom is 0.319 e. The van der Waals surface area contributed by atoms with Crippen LogP contribution < -0.4 is 22.5 Å². The minimum absolute atomic E-state index is 0.330. The van der Waals surface area contributed by atoms with Gasteiger partial charge in [-0.15, -0.1) is 0 Å². The topological polar surface area (TPSA) is 175 Å². The van der Waals surface area contributed by atoms with Gasteiger partial charge in [-0.05, 0) is 0 Å². The Labute approximate surface area is 87.7 Å². The zero-order valence-electron chi connectivity index (χ0n) is 7.71. The van der Waals surface area contributed by atoms with Crippen LogP contribution in [0, 0.1) is 20.2 Å². The molecular weight excluding hydrogens is 222 g/mol. The third kappa shape index (κ3) is 1.94. The second kappa shape index (κ2) is 4.33. The number of aromatic nitrogens is 1. The minimum atomic E-state index is -0.852. The van der Waals surface area contributed by atoms with Crippen molar-refractivity contribution in [3.63, 3.8) is 0 Å². The predicted molar refractivity (Wildman–Crippen MR) is 53.2 cm³/mol. The molecule has 0 saturated carbocycles. The number of hydrogen-bond donors (Lipinski definition) is 4. The number of hydrazine groups is 2. The van der Waals surface area contributed by atoms with Crippen LogP contribution in [0.3, 0.4) is 0 Å². The maximum atomic E-state index is 10.6. The Hall–Kier alpha value is -2.53. The van der Waals surface area contributed by atoms with Crippen molar-refractivity contribution in [2.75, 3.05) is 10.9 Å². The fourth-order valence-corrected chi connectivity index (χ4v) is 0.983. The lowest BCUT2D eigenvalue weighted by Gasteiger charge is -2.04. The average molecular weight is 229 g/mol. The first-order chi connectivity index (χ1) is 7.51. The summed E-state index contributed by atoms with van der Waals surface area (Å²) in [4.78, 5) is 22.9. The zero-order chi connectivity index (χ0) is 12.3. The highest BCUT2D eigenvalue weighted by Gasteiger charge is 2.25. The summed E-state index contributed by atoms with van der Waals surface area (Å²) in [6.45, 7) is 0. The summed E-state index contributed by atoms with van der Waals surface area (Å²) in [5.41, 5.74) is 2.66. The molecule has 11 nitrogen and oxygen atoms in total. The minimum Gasteiger partial charge on any atom is -0.303 e. The Morgan fingerprint density at radius 3 is 1.69 bits per heavy atom. The molecule has 0 aliphatic carbocycles. The first kappa shape index (κ1) is 11.5. The van der Waals surface area contributed by atoms with E-state index in [0.717, 1.165) is 0 Å². The molecule has 0 aliphatic heterocycles. The molecule has 1 aromatic rings. The highest BCUT2D eigenvalue weighted by atomic mass is 16.6. The molecule has 0 aromatic carbocycles. The van der Waals surface area contributed by atoms with Crippen molar-refractivity contribution < 1.29 is 9.85 Å². The van der Waals surface area contributed by atoms with Gasteiger partial charge in [0.05, 0.1) is 9.85 Å². The van der Waals surface area contributed by atoms with E-state index in [1.54, 1.807) is 0 Å². The number of anilines is 2. The summed E-state index contributed by atoms with van der Waals surface area (Å²) in [5, 5.41) is 21.1. The molecule has 0 aliphatic rings. The van der Waals surface area contributed by atoms with Crippen LogP contribution in [-0.2, 0) is 0 Å². The second-order valence-corrected chi connectivity index (χ2v) is 2.53. The van der Waals surface area contributed by atoms with Gasteiger partial charge < -0.3 is 10.9 Å². The van der Waals surface area contributed by atoms with Crippen molar-refractivity contribution in [1.82, 2.24) is 4.98 Å². The van der Waals surface area contributed by atoms with E-state index < -0.39 is 21.2 Å². The molecule has 0 fully saturated rings. The Kier molecular flexibility index (Phi) is 3.12. The normalized spacial score (nSPS) is 9.62. The Balaban J connectivity index is 3.46. The van der Waals surface area contributed by atoms with Gasteiger partial charge in [0.15, 0.2) is 0 Å².